The van der Waals surface area contributed by atoms with Crippen LogP contribution in [0.15, 0.2) is 24.3 Å². The number of anilines is 1. The standard InChI is InChI=1S/C13H16ClN/c1-2-10(7-9-3-4-9)11-5-6-12(14)13(15)8-11/h2,5-6,8-9H,3-4,7,15H2,1H3/b10-2+. The van der Waals surface area contributed by atoms with E-state index in [0.29, 0.717) is 10.7 Å². The summed E-state index contributed by atoms with van der Waals surface area (Å²) in [7, 11) is 0. The fourth-order valence-electron chi connectivity index (χ4n) is 1.78. The topological polar surface area (TPSA) is 26.0 Å². The lowest BCUT2D eigenvalue weighted by Crippen LogP contribution is -1.91. The van der Waals surface area contributed by atoms with Gasteiger partial charge in [0, 0.05) is 0 Å². The summed E-state index contributed by atoms with van der Waals surface area (Å²) < 4.78 is 0. The Morgan fingerprint density at radius 3 is 2.80 bits per heavy atom. The van der Waals surface area contributed by atoms with E-state index in [2.05, 4.69) is 19.1 Å². The Labute approximate surface area is 95.9 Å². The summed E-state index contributed by atoms with van der Waals surface area (Å²) in [6, 6.07) is 5.90. The van der Waals surface area contributed by atoms with Crippen LogP contribution in [0, 0.1) is 5.92 Å². The molecule has 0 unspecified atom stereocenters. The van der Waals surface area contributed by atoms with Crippen molar-refractivity contribution in [2.45, 2.75) is 26.2 Å². The van der Waals surface area contributed by atoms with Crippen LogP contribution in [0.4, 0.5) is 5.69 Å². The Hall–Kier alpha value is -0.950. The molecule has 1 aromatic rings. The van der Waals surface area contributed by atoms with Gasteiger partial charge in [0.15, 0.2) is 0 Å². The minimum absolute atomic E-state index is 0.639. The van der Waals surface area contributed by atoms with E-state index >= 15 is 0 Å². The molecule has 0 spiro atoms. The van der Waals surface area contributed by atoms with Crippen LogP contribution < -0.4 is 5.73 Å². The van der Waals surface area contributed by atoms with Crippen LogP contribution in [0.5, 0.6) is 0 Å². The molecule has 2 heteroatoms. The molecule has 0 radical (unpaired) electrons. The van der Waals surface area contributed by atoms with E-state index < -0.39 is 0 Å². The van der Waals surface area contributed by atoms with Gasteiger partial charge in [-0.3, -0.25) is 0 Å². The van der Waals surface area contributed by atoms with E-state index in [-0.39, 0.29) is 0 Å². The summed E-state index contributed by atoms with van der Waals surface area (Å²) in [5, 5.41) is 0.639. The highest BCUT2D eigenvalue weighted by Gasteiger charge is 2.22. The van der Waals surface area contributed by atoms with E-state index in [1.165, 1.54) is 30.4 Å². The van der Waals surface area contributed by atoms with Crippen LogP contribution in [0.2, 0.25) is 5.02 Å². The van der Waals surface area contributed by atoms with Crippen molar-refractivity contribution >= 4 is 22.9 Å². The zero-order valence-corrected chi connectivity index (χ0v) is 9.72. The predicted molar refractivity (Wildman–Crippen MR) is 66.9 cm³/mol. The Balaban J connectivity index is 2.22. The largest absolute Gasteiger partial charge is 0.398 e. The molecule has 0 aromatic heterocycles. The number of hydrogen-bond acceptors (Lipinski definition) is 1. The highest BCUT2D eigenvalue weighted by atomic mass is 35.5. The first-order valence-electron chi connectivity index (χ1n) is 5.41. The van der Waals surface area contributed by atoms with Crippen molar-refractivity contribution < 1.29 is 0 Å². The van der Waals surface area contributed by atoms with E-state index in [9.17, 15) is 0 Å². The fraction of sp³-hybridized carbons (Fsp3) is 0.385. The van der Waals surface area contributed by atoms with Crippen molar-refractivity contribution in [3.05, 3.63) is 34.9 Å². The van der Waals surface area contributed by atoms with E-state index in [1.54, 1.807) is 0 Å². The van der Waals surface area contributed by atoms with Crippen LogP contribution in [0.3, 0.4) is 0 Å². The van der Waals surface area contributed by atoms with Gasteiger partial charge in [0.2, 0.25) is 0 Å². The molecular weight excluding hydrogens is 206 g/mol. The maximum absolute atomic E-state index is 5.90. The lowest BCUT2D eigenvalue weighted by Gasteiger charge is -2.08. The quantitative estimate of drug-likeness (QED) is 0.764. The molecule has 1 saturated carbocycles. The average molecular weight is 222 g/mol. The molecule has 15 heavy (non-hydrogen) atoms. The third-order valence-corrected chi connectivity index (χ3v) is 3.26. The Morgan fingerprint density at radius 1 is 1.53 bits per heavy atom. The summed E-state index contributed by atoms with van der Waals surface area (Å²) in [5.41, 5.74) is 9.07. The normalized spacial score (nSPS) is 16.8. The van der Waals surface area contributed by atoms with Gasteiger partial charge in [-0.1, -0.05) is 23.7 Å². The zero-order valence-electron chi connectivity index (χ0n) is 8.96. The molecule has 0 saturated heterocycles. The van der Waals surface area contributed by atoms with Crippen LogP contribution in [0.25, 0.3) is 5.57 Å². The zero-order chi connectivity index (χ0) is 10.8. The Kier molecular flexibility index (Phi) is 3.01. The van der Waals surface area contributed by atoms with Crippen molar-refractivity contribution in [1.82, 2.24) is 0 Å². The molecule has 0 bridgehead atoms. The lowest BCUT2D eigenvalue weighted by molar-refractivity contribution is 0.876. The summed E-state index contributed by atoms with van der Waals surface area (Å²) in [6.07, 6.45) is 6.11. The second kappa shape index (κ2) is 4.28. The lowest BCUT2D eigenvalue weighted by atomic mass is 10.00. The molecule has 2 N–H and O–H groups in total. The van der Waals surface area contributed by atoms with Crippen LogP contribution in [0.1, 0.15) is 31.7 Å². The van der Waals surface area contributed by atoms with Gasteiger partial charge in [-0.25, -0.2) is 0 Å². The van der Waals surface area contributed by atoms with Crippen molar-refractivity contribution in [3.63, 3.8) is 0 Å². The van der Waals surface area contributed by atoms with Gasteiger partial charge in [0.1, 0.15) is 0 Å². The van der Waals surface area contributed by atoms with Gasteiger partial charge >= 0.3 is 0 Å². The number of benzene rings is 1. The van der Waals surface area contributed by atoms with Crippen molar-refractivity contribution in [1.29, 1.82) is 0 Å². The minimum Gasteiger partial charge on any atom is -0.398 e. The van der Waals surface area contributed by atoms with Gasteiger partial charge in [-0.2, -0.15) is 0 Å². The minimum atomic E-state index is 0.639. The summed E-state index contributed by atoms with van der Waals surface area (Å²) in [6.45, 7) is 2.09. The molecule has 1 aliphatic rings. The first-order valence-corrected chi connectivity index (χ1v) is 5.79. The van der Waals surface area contributed by atoms with Crippen molar-refractivity contribution in [2.24, 2.45) is 5.92 Å². The molecule has 1 aromatic carbocycles. The molecule has 1 fully saturated rings. The van der Waals surface area contributed by atoms with E-state index in [1.807, 2.05) is 12.1 Å². The van der Waals surface area contributed by atoms with Crippen molar-refractivity contribution in [2.75, 3.05) is 5.73 Å². The number of hydrogen-bond donors (Lipinski definition) is 1. The molecule has 1 nitrogen and oxygen atoms in total. The third kappa shape index (κ3) is 2.54. The highest BCUT2D eigenvalue weighted by molar-refractivity contribution is 6.33. The SMILES string of the molecule is C/C=C(\CC1CC1)c1ccc(Cl)c(N)c1. The van der Waals surface area contributed by atoms with E-state index in [4.69, 9.17) is 17.3 Å². The summed E-state index contributed by atoms with van der Waals surface area (Å²) in [4.78, 5) is 0. The Morgan fingerprint density at radius 2 is 2.27 bits per heavy atom. The molecule has 0 heterocycles. The maximum Gasteiger partial charge on any atom is 0.0635 e. The van der Waals surface area contributed by atoms with Gasteiger partial charge in [0.25, 0.3) is 0 Å². The molecule has 0 amide bonds. The van der Waals surface area contributed by atoms with Gasteiger partial charge in [-0.15, -0.1) is 0 Å². The molecular formula is C13H16ClN. The molecule has 2 rings (SSSR count). The second-order valence-corrected chi connectivity index (χ2v) is 4.60. The monoisotopic (exact) mass is 221 g/mol. The van der Waals surface area contributed by atoms with Crippen LogP contribution >= 0.6 is 11.6 Å². The molecule has 0 aliphatic heterocycles. The fourth-order valence-corrected chi connectivity index (χ4v) is 1.90. The summed E-state index contributed by atoms with van der Waals surface area (Å²) in [5.74, 6) is 0.896. The highest BCUT2D eigenvalue weighted by Crippen LogP contribution is 2.38. The maximum atomic E-state index is 5.90. The smallest absolute Gasteiger partial charge is 0.0635 e. The van der Waals surface area contributed by atoms with Gasteiger partial charge in [0.05, 0.1) is 10.7 Å². The number of nitrogen functional groups attached to an aromatic ring is 1. The number of rotatable bonds is 3. The number of halogens is 1. The van der Waals surface area contributed by atoms with Gasteiger partial charge in [-0.05, 0) is 55.4 Å². The first kappa shape index (κ1) is 10.6. The molecule has 0 atom stereocenters. The third-order valence-electron chi connectivity index (χ3n) is 2.92. The first-order chi connectivity index (χ1) is 7.20. The van der Waals surface area contributed by atoms with Crippen LogP contribution in [-0.4, -0.2) is 0 Å². The van der Waals surface area contributed by atoms with Gasteiger partial charge < -0.3 is 5.73 Å². The average Bonchev–Trinajstić information content (AvgIpc) is 3.02. The number of allylic oxidation sites excluding steroid dienone is 2. The molecule has 80 valence electrons. The van der Waals surface area contributed by atoms with Crippen molar-refractivity contribution in [3.8, 4) is 0 Å². The summed E-state index contributed by atoms with van der Waals surface area (Å²) >= 11 is 5.90. The molecule has 1 aliphatic carbocycles. The van der Waals surface area contributed by atoms with Crippen LogP contribution in [-0.2, 0) is 0 Å². The Bertz CT molecular complexity index is 392. The number of nitrogens with two attached hydrogens (primary N) is 1. The predicted octanol–water partition coefficient (Wildman–Crippen LogP) is 4.13. The second-order valence-electron chi connectivity index (χ2n) is 4.20. The van der Waals surface area contributed by atoms with E-state index in [0.717, 1.165) is 5.92 Å².